The van der Waals surface area contributed by atoms with Crippen molar-refractivity contribution >= 4 is 17.5 Å². The minimum Gasteiger partial charge on any atom is -0.455 e. The van der Waals surface area contributed by atoms with Crippen LogP contribution in [0, 0.1) is 13.8 Å². The van der Waals surface area contributed by atoms with E-state index in [-0.39, 0.29) is 5.91 Å². The Morgan fingerprint density at radius 3 is 2.73 bits per heavy atom. The third-order valence-corrected chi connectivity index (χ3v) is 5.39. The fourth-order valence-electron chi connectivity index (χ4n) is 3.33. The Hall–Kier alpha value is -1.79. The summed E-state index contributed by atoms with van der Waals surface area (Å²) in [4.78, 5) is 14.6. The van der Waals surface area contributed by atoms with E-state index in [0.717, 1.165) is 49.7 Å². The van der Waals surface area contributed by atoms with Crippen LogP contribution in [0.15, 0.2) is 16.5 Å². The summed E-state index contributed by atoms with van der Waals surface area (Å²) >= 11 is 6.14. The van der Waals surface area contributed by atoms with Crippen molar-refractivity contribution in [2.75, 3.05) is 19.6 Å². The van der Waals surface area contributed by atoms with Gasteiger partial charge in [-0.25, -0.2) is 0 Å². The lowest BCUT2D eigenvalue weighted by molar-refractivity contribution is 0.0920. The van der Waals surface area contributed by atoms with E-state index >= 15 is 0 Å². The Kier molecular flexibility index (Phi) is 6.38. The minimum atomic E-state index is -0.165. The number of halogens is 1. The zero-order valence-electron chi connectivity index (χ0n) is 15.6. The standard InChI is InChI=1S/C19H27ClN4O2/c1-14-18(20)15(2)24(22-14)12-6-9-21-19(25)17-8-7-16(26-17)13-23-10-4-3-5-11-23/h7-8H,3-6,9-13H2,1-2H3,(H,21,25). The molecule has 2 aromatic heterocycles. The van der Waals surface area contributed by atoms with Crippen LogP contribution in [0.1, 0.15) is 53.4 Å². The summed E-state index contributed by atoms with van der Waals surface area (Å²) in [7, 11) is 0. The first-order chi connectivity index (χ1) is 12.5. The van der Waals surface area contributed by atoms with Crippen LogP contribution in [-0.2, 0) is 13.1 Å². The predicted octanol–water partition coefficient (Wildman–Crippen LogP) is 3.55. The molecule has 1 saturated heterocycles. The van der Waals surface area contributed by atoms with E-state index in [1.807, 2.05) is 24.6 Å². The van der Waals surface area contributed by atoms with Crippen LogP contribution in [-0.4, -0.2) is 40.2 Å². The average molecular weight is 379 g/mol. The average Bonchev–Trinajstić information content (AvgIpc) is 3.20. The number of hydrogen-bond acceptors (Lipinski definition) is 4. The van der Waals surface area contributed by atoms with Crippen molar-refractivity contribution in [3.05, 3.63) is 40.1 Å². The highest BCUT2D eigenvalue weighted by Crippen LogP contribution is 2.19. The van der Waals surface area contributed by atoms with Crippen LogP contribution in [0.2, 0.25) is 5.02 Å². The second kappa shape index (κ2) is 8.73. The molecule has 1 aliphatic heterocycles. The first kappa shape index (κ1) is 19.0. The zero-order valence-corrected chi connectivity index (χ0v) is 16.3. The molecule has 0 saturated carbocycles. The molecule has 1 amide bonds. The van der Waals surface area contributed by atoms with Crippen LogP contribution >= 0.6 is 11.6 Å². The molecule has 7 heteroatoms. The van der Waals surface area contributed by atoms with Crippen molar-refractivity contribution in [3.63, 3.8) is 0 Å². The zero-order chi connectivity index (χ0) is 18.5. The summed E-state index contributed by atoms with van der Waals surface area (Å²) in [6, 6.07) is 3.66. The van der Waals surface area contributed by atoms with Crippen molar-refractivity contribution < 1.29 is 9.21 Å². The predicted molar refractivity (Wildman–Crippen MR) is 101 cm³/mol. The quantitative estimate of drug-likeness (QED) is 0.748. The number of aryl methyl sites for hydroxylation is 2. The molecule has 3 heterocycles. The van der Waals surface area contributed by atoms with Gasteiger partial charge in [-0.2, -0.15) is 5.10 Å². The summed E-state index contributed by atoms with van der Waals surface area (Å²) in [5.41, 5.74) is 1.80. The number of amides is 1. The SMILES string of the molecule is Cc1nn(CCCNC(=O)c2ccc(CN3CCCCC3)o2)c(C)c1Cl. The smallest absolute Gasteiger partial charge is 0.286 e. The number of aromatic nitrogens is 2. The third kappa shape index (κ3) is 4.68. The number of hydrogen-bond donors (Lipinski definition) is 1. The van der Waals surface area contributed by atoms with E-state index in [0.29, 0.717) is 17.3 Å². The molecule has 0 aromatic carbocycles. The van der Waals surface area contributed by atoms with Gasteiger partial charge in [0.15, 0.2) is 5.76 Å². The van der Waals surface area contributed by atoms with E-state index in [1.54, 1.807) is 6.07 Å². The Bertz CT molecular complexity index is 747. The molecule has 1 N–H and O–H groups in total. The molecule has 6 nitrogen and oxygen atoms in total. The molecule has 0 unspecified atom stereocenters. The van der Waals surface area contributed by atoms with Gasteiger partial charge in [0.1, 0.15) is 5.76 Å². The molecule has 1 fully saturated rings. The van der Waals surface area contributed by atoms with Crippen LogP contribution in [0.4, 0.5) is 0 Å². The molecular weight excluding hydrogens is 352 g/mol. The maximum atomic E-state index is 12.2. The van der Waals surface area contributed by atoms with Crippen LogP contribution in [0.5, 0.6) is 0 Å². The van der Waals surface area contributed by atoms with Crippen molar-refractivity contribution in [2.45, 2.75) is 52.6 Å². The minimum absolute atomic E-state index is 0.165. The van der Waals surface area contributed by atoms with Crippen LogP contribution in [0.3, 0.4) is 0 Å². The third-order valence-electron chi connectivity index (χ3n) is 4.84. The molecular formula is C19H27ClN4O2. The molecule has 2 aromatic rings. The fraction of sp³-hybridized carbons (Fsp3) is 0.579. The van der Waals surface area contributed by atoms with E-state index < -0.39 is 0 Å². The normalized spacial score (nSPS) is 15.3. The Morgan fingerprint density at radius 1 is 1.27 bits per heavy atom. The summed E-state index contributed by atoms with van der Waals surface area (Å²) in [5.74, 6) is 1.07. The van der Waals surface area contributed by atoms with Crippen molar-refractivity contribution in [2.24, 2.45) is 0 Å². The van der Waals surface area contributed by atoms with Crippen molar-refractivity contribution in [3.8, 4) is 0 Å². The lowest BCUT2D eigenvalue weighted by Gasteiger charge is -2.25. The number of likely N-dealkylation sites (tertiary alicyclic amines) is 1. The number of furan rings is 1. The second-order valence-corrected chi connectivity index (χ2v) is 7.30. The number of rotatable bonds is 7. The van der Waals surface area contributed by atoms with Gasteiger partial charge in [-0.3, -0.25) is 14.4 Å². The van der Waals surface area contributed by atoms with Crippen LogP contribution < -0.4 is 5.32 Å². The van der Waals surface area contributed by atoms with E-state index in [2.05, 4.69) is 15.3 Å². The fourth-order valence-corrected chi connectivity index (χ4v) is 3.47. The van der Waals surface area contributed by atoms with Gasteiger partial charge in [0, 0.05) is 13.1 Å². The maximum Gasteiger partial charge on any atom is 0.286 e. The first-order valence-corrected chi connectivity index (χ1v) is 9.71. The molecule has 0 bridgehead atoms. The summed E-state index contributed by atoms with van der Waals surface area (Å²) in [5, 5.41) is 8.01. The highest BCUT2D eigenvalue weighted by molar-refractivity contribution is 6.31. The number of piperidine rings is 1. The molecule has 26 heavy (non-hydrogen) atoms. The van der Waals surface area contributed by atoms with Crippen molar-refractivity contribution in [1.82, 2.24) is 20.0 Å². The summed E-state index contributed by atoms with van der Waals surface area (Å²) in [6.07, 6.45) is 4.58. The topological polar surface area (TPSA) is 63.3 Å². The Labute approximate surface area is 159 Å². The van der Waals surface area contributed by atoms with Gasteiger partial charge < -0.3 is 9.73 Å². The second-order valence-electron chi connectivity index (χ2n) is 6.92. The number of nitrogens with zero attached hydrogens (tertiary/aromatic N) is 3. The maximum absolute atomic E-state index is 12.2. The van der Waals surface area contributed by atoms with Crippen LogP contribution in [0.25, 0.3) is 0 Å². The molecule has 1 aliphatic rings. The van der Waals surface area contributed by atoms with E-state index in [4.69, 9.17) is 16.0 Å². The largest absolute Gasteiger partial charge is 0.455 e. The number of carbonyl (C=O) groups excluding carboxylic acids is 1. The summed E-state index contributed by atoms with van der Waals surface area (Å²) < 4.78 is 7.60. The lowest BCUT2D eigenvalue weighted by atomic mass is 10.1. The lowest BCUT2D eigenvalue weighted by Crippen LogP contribution is -2.29. The molecule has 142 valence electrons. The van der Waals surface area contributed by atoms with Crippen molar-refractivity contribution in [1.29, 1.82) is 0 Å². The Balaban J connectivity index is 1.42. The number of nitrogens with one attached hydrogen (secondary N) is 1. The molecule has 3 rings (SSSR count). The van der Waals surface area contributed by atoms with E-state index in [9.17, 15) is 4.79 Å². The highest BCUT2D eigenvalue weighted by Gasteiger charge is 2.15. The molecule has 0 spiro atoms. The van der Waals surface area contributed by atoms with Gasteiger partial charge in [-0.15, -0.1) is 0 Å². The first-order valence-electron chi connectivity index (χ1n) is 9.33. The monoisotopic (exact) mass is 378 g/mol. The van der Waals surface area contributed by atoms with Gasteiger partial charge in [0.05, 0.1) is 23.0 Å². The number of carbonyl (C=O) groups is 1. The van der Waals surface area contributed by atoms with Gasteiger partial charge in [-0.05, 0) is 58.3 Å². The highest BCUT2D eigenvalue weighted by atomic mass is 35.5. The summed E-state index contributed by atoms with van der Waals surface area (Å²) in [6.45, 7) is 8.14. The molecule has 0 radical (unpaired) electrons. The van der Waals surface area contributed by atoms with Gasteiger partial charge in [-0.1, -0.05) is 18.0 Å². The Morgan fingerprint density at radius 2 is 2.04 bits per heavy atom. The van der Waals surface area contributed by atoms with Gasteiger partial charge in [0.2, 0.25) is 0 Å². The molecule has 0 aliphatic carbocycles. The molecule has 0 atom stereocenters. The van der Waals surface area contributed by atoms with Gasteiger partial charge >= 0.3 is 0 Å². The van der Waals surface area contributed by atoms with E-state index in [1.165, 1.54) is 19.3 Å². The van der Waals surface area contributed by atoms with Gasteiger partial charge in [0.25, 0.3) is 5.91 Å².